The zero-order valence-electron chi connectivity index (χ0n) is 27.5. The molecule has 1 aromatic heterocycles. The van der Waals surface area contributed by atoms with Crippen molar-refractivity contribution in [3.8, 4) is 0 Å². The van der Waals surface area contributed by atoms with Gasteiger partial charge in [-0.3, -0.25) is 29.4 Å². The van der Waals surface area contributed by atoms with Crippen molar-refractivity contribution in [1.82, 2.24) is 29.8 Å². The highest BCUT2D eigenvalue weighted by molar-refractivity contribution is 6.32. The SMILES string of the molecule is CN1CC(Nc2cnn(C)c(=O)c2Cl)CC(c2ccc(CN3CCC(c4ccc5c(c4)CN(C4CCC(=O)NC4=O)C5=O)CC3)cc2)C1. The molecule has 7 rings (SSSR count). The summed E-state index contributed by atoms with van der Waals surface area (Å²) < 4.78 is 1.24. The maximum Gasteiger partial charge on any atom is 0.287 e. The van der Waals surface area contributed by atoms with Gasteiger partial charge < -0.3 is 15.1 Å². The molecule has 3 unspecified atom stereocenters. The molecule has 0 bridgehead atoms. The van der Waals surface area contributed by atoms with Crippen molar-refractivity contribution >= 4 is 35.0 Å². The lowest BCUT2D eigenvalue weighted by atomic mass is 9.87. The number of piperidine rings is 3. The first kappa shape index (κ1) is 32.5. The average molecular weight is 672 g/mol. The molecule has 5 heterocycles. The Kier molecular flexibility index (Phi) is 9.10. The van der Waals surface area contributed by atoms with Gasteiger partial charge in [-0.25, -0.2) is 4.68 Å². The number of nitrogens with zero attached hydrogens (tertiary/aromatic N) is 5. The number of aryl methyl sites for hydroxylation is 1. The molecule has 0 saturated carbocycles. The minimum absolute atomic E-state index is 0.123. The quantitative estimate of drug-likeness (QED) is 0.367. The van der Waals surface area contributed by atoms with Gasteiger partial charge in [0.05, 0.1) is 11.9 Å². The van der Waals surface area contributed by atoms with Gasteiger partial charge in [0.25, 0.3) is 11.5 Å². The van der Waals surface area contributed by atoms with E-state index >= 15 is 0 Å². The normalized spacial score (nSPS) is 24.1. The van der Waals surface area contributed by atoms with Crippen LogP contribution in [-0.2, 0) is 29.7 Å². The number of nitrogens with one attached hydrogen (secondary N) is 2. The molecule has 3 fully saturated rings. The Morgan fingerprint density at radius 3 is 2.44 bits per heavy atom. The zero-order chi connectivity index (χ0) is 33.5. The summed E-state index contributed by atoms with van der Waals surface area (Å²) in [4.78, 5) is 55.8. The van der Waals surface area contributed by atoms with E-state index in [0.717, 1.165) is 57.5 Å². The van der Waals surface area contributed by atoms with Crippen molar-refractivity contribution in [3.63, 3.8) is 0 Å². The molecule has 252 valence electrons. The van der Waals surface area contributed by atoms with Crippen molar-refractivity contribution in [2.75, 3.05) is 38.5 Å². The molecule has 0 aliphatic carbocycles. The fraction of sp³-hybridized carbons (Fsp3) is 0.472. The third-order valence-electron chi connectivity index (χ3n) is 10.5. The van der Waals surface area contributed by atoms with Crippen LogP contribution in [-0.4, -0.2) is 87.5 Å². The topological polar surface area (TPSA) is 120 Å². The Morgan fingerprint density at radius 1 is 0.938 bits per heavy atom. The standard InChI is InChI=1S/C36H42ClN7O4/c1-41-19-26(16-28(21-41)39-30-17-38-42(2)36(48)33(30)37)23-5-3-22(4-6-23)18-43-13-11-24(12-14-43)25-7-8-29-27(15-25)20-44(35(29)47)31-9-10-32(45)40-34(31)46/h3-8,15,17,24,26,28,31,39H,9-14,16,18-21H2,1-2H3,(H,40,45,46). The summed E-state index contributed by atoms with van der Waals surface area (Å²) in [6, 6.07) is 14.8. The van der Waals surface area contributed by atoms with E-state index in [9.17, 15) is 19.2 Å². The third-order valence-corrected chi connectivity index (χ3v) is 10.9. The second-order valence-electron chi connectivity index (χ2n) is 13.9. The molecule has 3 saturated heterocycles. The number of aromatic nitrogens is 2. The lowest BCUT2D eigenvalue weighted by Crippen LogP contribution is -2.52. The zero-order valence-corrected chi connectivity index (χ0v) is 28.2. The summed E-state index contributed by atoms with van der Waals surface area (Å²) in [7, 11) is 3.72. The molecule has 2 N–H and O–H groups in total. The van der Waals surface area contributed by atoms with E-state index in [4.69, 9.17) is 11.6 Å². The van der Waals surface area contributed by atoms with Gasteiger partial charge in [0.2, 0.25) is 11.8 Å². The van der Waals surface area contributed by atoms with E-state index < -0.39 is 6.04 Å². The molecule has 3 atom stereocenters. The number of likely N-dealkylation sites (tertiary alicyclic amines) is 2. The molecular weight excluding hydrogens is 630 g/mol. The summed E-state index contributed by atoms with van der Waals surface area (Å²) in [6.45, 7) is 5.17. The van der Waals surface area contributed by atoms with Gasteiger partial charge in [-0.2, -0.15) is 5.10 Å². The lowest BCUT2D eigenvalue weighted by Gasteiger charge is -2.37. The first-order valence-electron chi connectivity index (χ1n) is 16.9. The Bertz CT molecular complexity index is 1790. The van der Waals surface area contributed by atoms with Gasteiger partial charge in [-0.05, 0) is 86.0 Å². The van der Waals surface area contributed by atoms with E-state index in [1.807, 2.05) is 6.07 Å². The minimum atomic E-state index is -0.587. The number of anilines is 1. The van der Waals surface area contributed by atoms with Crippen molar-refractivity contribution < 1.29 is 14.4 Å². The van der Waals surface area contributed by atoms with Crippen LogP contribution in [0.1, 0.15) is 76.6 Å². The molecule has 48 heavy (non-hydrogen) atoms. The maximum atomic E-state index is 13.1. The highest BCUT2D eigenvalue weighted by atomic mass is 35.5. The monoisotopic (exact) mass is 671 g/mol. The summed E-state index contributed by atoms with van der Waals surface area (Å²) in [5, 5.41) is 10.1. The third kappa shape index (κ3) is 6.63. The second-order valence-corrected chi connectivity index (χ2v) is 14.3. The van der Waals surface area contributed by atoms with Crippen LogP contribution >= 0.6 is 11.6 Å². The van der Waals surface area contributed by atoms with Crippen LogP contribution in [0, 0.1) is 0 Å². The van der Waals surface area contributed by atoms with Crippen LogP contribution in [0.25, 0.3) is 0 Å². The lowest BCUT2D eigenvalue weighted by molar-refractivity contribution is -0.136. The van der Waals surface area contributed by atoms with Gasteiger partial charge in [0, 0.05) is 51.3 Å². The molecule has 3 amide bonds. The number of halogens is 1. The molecule has 12 heteroatoms. The van der Waals surface area contributed by atoms with E-state index in [0.29, 0.717) is 36.1 Å². The molecule has 4 aliphatic rings. The predicted molar refractivity (Wildman–Crippen MR) is 183 cm³/mol. The average Bonchev–Trinajstić information content (AvgIpc) is 3.40. The van der Waals surface area contributed by atoms with Crippen LogP contribution in [0.2, 0.25) is 5.02 Å². The first-order valence-corrected chi connectivity index (χ1v) is 17.3. The molecular formula is C36H42ClN7O4. The molecule has 0 radical (unpaired) electrons. The molecule has 2 aromatic carbocycles. The van der Waals surface area contributed by atoms with Crippen LogP contribution in [0.5, 0.6) is 0 Å². The number of likely N-dealkylation sites (N-methyl/N-ethyl adjacent to an activating group) is 1. The van der Waals surface area contributed by atoms with Crippen molar-refractivity contribution in [3.05, 3.63) is 91.9 Å². The van der Waals surface area contributed by atoms with Gasteiger partial charge in [-0.15, -0.1) is 0 Å². The van der Waals surface area contributed by atoms with E-state index in [1.54, 1.807) is 18.1 Å². The Labute approximate surface area is 285 Å². The van der Waals surface area contributed by atoms with Gasteiger partial charge in [0.15, 0.2) is 0 Å². The molecule has 3 aromatic rings. The van der Waals surface area contributed by atoms with E-state index in [1.165, 1.54) is 21.4 Å². The Balaban J connectivity index is 0.921. The number of carbonyl (C=O) groups is 3. The predicted octanol–water partition coefficient (Wildman–Crippen LogP) is 3.47. The summed E-state index contributed by atoms with van der Waals surface area (Å²) in [5.74, 6) is 0.0260. The summed E-state index contributed by atoms with van der Waals surface area (Å²) in [5.41, 5.74) is 5.80. The van der Waals surface area contributed by atoms with E-state index in [2.05, 4.69) is 69.0 Å². The van der Waals surface area contributed by atoms with Crippen molar-refractivity contribution in [2.24, 2.45) is 7.05 Å². The first-order chi connectivity index (χ1) is 23.1. The number of benzene rings is 2. The minimum Gasteiger partial charge on any atom is -0.378 e. The van der Waals surface area contributed by atoms with Crippen molar-refractivity contribution in [2.45, 2.75) is 69.1 Å². The number of hydrogen-bond donors (Lipinski definition) is 2. The highest BCUT2D eigenvalue weighted by Gasteiger charge is 2.39. The number of amides is 3. The van der Waals surface area contributed by atoms with Gasteiger partial charge >= 0.3 is 0 Å². The Hall–Kier alpha value is -4.06. The van der Waals surface area contributed by atoms with Gasteiger partial charge in [0.1, 0.15) is 11.1 Å². The number of fused-ring (bicyclic) bond motifs is 1. The smallest absolute Gasteiger partial charge is 0.287 e. The van der Waals surface area contributed by atoms with Crippen molar-refractivity contribution in [1.29, 1.82) is 0 Å². The van der Waals surface area contributed by atoms with Gasteiger partial charge in [-0.1, -0.05) is 48.0 Å². The second kappa shape index (κ2) is 13.4. The van der Waals surface area contributed by atoms with E-state index in [-0.39, 0.29) is 40.8 Å². The van der Waals surface area contributed by atoms with Crippen LogP contribution in [0.3, 0.4) is 0 Å². The highest BCUT2D eigenvalue weighted by Crippen LogP contribution is 2.34. The Morgan fingerprint density at radius 2 is 1.69 bits per heavy atom. The van der Waals surface area contributed by atoms with Crippen LogP contribution in [0.4, 0.5) is 5.69 Å². The molecule has 11 nitrogen and oxygen atoms in total. The number of rotatable bonds is 7. The largest absolute Gasteiger partial charge is 0.378 e. The summed E-state index contributed by atoms with van der Waals surface area (Å²) >= 11 is 6.32. The number of imide groups is 1. The number of hydrogen-bond acceptors (Lipinski definition) is 8. The number of carbonyl (C=O) groups excluding carboxylic acids is 3. The molecule has 4 aliphatic heterocycles. The van der Waals surface area contributed by atoms with Crippen LogP contribution in [0.15, 0.2) is 53.5 Å². The molecule has 0 spiro atoms. The maximum absolute atomic E-state index is 13.1. The fourth-order valence-electron chi connectivity index (χ4n) is 7.92. The summed E-state index contributed by atoms with van der Waals surface area (Å²) in [6.07, 6.45) is 5.30. The van der Waals surface area contributed by atoms with Crippen LogP contribution < -0.4 is 16.2 Å². The fourth-order valence-corrected chi connectivity index (χ4v) is 8.15.